The Balaban J connectivity index is 1.45. The van der Waals surface area contributed by atoms with Crippen LogP contribution in [0.3, 0.4) is 0 Å². The molecular weight excluding hydrogens is 448 g/mol. The summed E-state index contributed by atoms with van der Waals surface area (Å²) in [5.41, 5.74) is 5.09. The third-order valence-electron chi connectivity index (χ3n) is 5.76. The Hall–Kier alpha value is -4.60. The fourth-order valence-corrected chi connectivity index (χ4v) is 4.07. The van der Waals surface area contributed by atoms with E-state index < -0.39 is 0 Å². The van der Waals surface area contributed by atoms with Crippen LogP contribution in [-0.4, -0.2) is 39.1 Å². The van der Waals surface area contributed by atoms with Gasteiger partial charge in [0, 0.05) is 29.8 Å². The number of nitrogens with zero attached hydrogens (tertiary/aromatic N) is 5. The van der Waals surface area contributed by atoms with Crippen molar-refractivity contribution in [2.45, 2.75) is 27.7 Å². The zero-order chi connectivity index (χ0) is 24.9. The number of carbonyl (C=O) groups is 2. The van der Waals surface area contributed by atoms with E-state index >= 15 is 0 Å². The Bertz CT molecular complexity index is 1630. The Morgan fingerprint density at radius 1 is 0.829 bits per heavy atom. The van der Waals surface area contributed by atoms with Gasteiger partial charge in [0.1, 0.15) is 0 Å². The molecule has 4 aromatic heterocycles. The van der Waals surface area contributed by atoms with E-state index in [0.29, 0.717) is 67.5 Å². The lowest BCUT2D eigenvalue weighted by molar-refractivity contribution is 0.0993. The SMILES string of the molecule is Cc1cc(C(=O)Nc2cccc(N(C)C(=O)c3cc(C)nc4onc(C)c34)c2)c2c(C)noc2n1. The monoisotopic (exact) mass is 470 g/mol. The number of aromatic nitrogens is 4. The van der Waals surface area contributed by atoms with Crippen molar-refractivity contribution in [3.63, 3.8) is 0 Å². The summed E-state index contributed by atoms with van der Waals surface area (Å²) in [4.78, 5) is 36.7. The number of anilines is 2. The first kappa shape index (κ1) is 22.2. The van der Waals surface area contributed by atoms with E-state index in [1.54, 1.807) is 71.1 Å². The molecule has 35 heavy (non-hydrogen) atoms. The van der Waals surface area contributed by atoms with Gasteiger partial charge in [-0.1, -0.05) is 16.4 Å². The summed E-state index contributed by atoms with van der Waals surface area (Å²) >= 11 is 0. The first-order valence-electron chi connectivity index (χ1n) is 10.9. The molecule has 5 aromatic rings. The standard InChI is InChI=1S/C25H22N6O4/c1-12-9-18(20-14(3)29-34-23(20)26-12)22(32)28-16-7-6-8-17(11-16)31(5)25(33)19-10-13(2)27-24-21(19)15(4)30-35-24/h6-11H,1-5H3,(H,28,32). The summed E-state index contributed by atoms with van der Waals surface area (Å²) in [5, 5.41) is 11.9. The highest BCUT2D eigenvalue weighted by atomic mass is 16.5. The summed E-state index contributed by atoms with van der Waals surface area (Å²) in [5.74, 6) is -0.577. The van der Waals surface area contributed by atoms with E-state index in [1.807, 2.05) is 0 Å². The first-order valence-corrected chi connectivity index (χ1v) is 10.9. The highest BCUT2D eigenvalue weighted by Gasteiger charge is 2.22. The van der Waals surface area contributed by atoms with Crippen molar-refractivity contribution in [3.8, 4) is 0 Å². The molecule has 0 bridgehead atoms. The minimum Gasteiger partial charge on any atom is -0.336 e. The van der Waals surface area contributed by atoms with E-state index in [1.165, 1.54) is 4.90 Å². The molecular formula is C25H22N6O4. The van der Waals surface area contributed by atoms with Gasteiger partial charge in [-0.2, -0.15) is 0 Å². The molecule has 0 aliphatic rings. The average Bonchev–Trinajstić information content (AvgIpc) is 3.39. The molecule has 0 saturated carbocycles. The van der Waals surface area contributed by atoms with Crippen molar-refractivity contribution in [1.29, 1.82) is 0 Å². The van der Waals surface area contributed by atoms with Gasteiger partial charge >= 0.3 is 0 Å². The highest BCUT2D eigenvalue weighted by Crippen LogP contribution is 2.27. The maximum absolute atomic E-state index is 13.4. The number of carbonyl (C=O) groups excluding carboxylic acids is 2. The van der Waals surface area contributed by atoms with Gasteiger partial charge in [0.05, 0.1) is 33.3 Å². The Morgan fingerprint density at radius 3 is 2.03 bits per heavy atom. The molecule has 0 atom stereocenters. The van der Waals surface area contributed by atoms with Gasteiger partial charge in [0.25, 0.3) is 23.2 Å². The van der Waals surface area contributed by atoms with Crippen LogP contribution in [0.5, 0.6) is 0 Å². The predicted molar refractivity (Wildman–Crippen MR) is 130 cm³/mol. The molecule has 176 valence electrons. The minimum atomic E-state index is -0.329. The van der Waals surface area contributed by atoms with Crippen molar-refractivity contribution < 1.29 is 18.6 Å². The lowest BCUT2D eigenvalue weighted by Gasteiger charge is -2.19. The molecule has 0 radical (unpaired) electrons. The van der Waals surface area contributed by atoms with Crippen molar-refractivity contribution in [3.05, 3.63) is 70.3 Å². The summed E-state index contributed by atoms with van der Waals surface area (Å²) in [6.07, 6.45) is 0. The molecule has 2 amide bonds. The van der Waals surface area contributed by atoms with Crippen LogP contribution in [0.2, 0.25) is 0 Å². The third-order valence-corrected chi connectivity index (χ3v) is 5.76. The zero-order valence-corrected chi connectivity index (χ0v) is 19.8. The molecule has 10 heteroatoms. The van der Waals surface area contributed by atoms with Crippen LogP contribution >= 0.6 is 0 Å². The molecule has 1 N–H and O–H groups in total. The molecule has 10 nitrogen and oxygen atoms in total. The number of hydrogen-bond acceptors (Lipinski definition) is 8. The van der Waals surface area contributed by atoms with Gasteiger partial charge in [0.15, 0.2) is 0 Å². The third kappa shape index (κ3) is 3.88. The van der Waals surface area contributed by atoms with Crippen molar-refractivity contribution in [1.82, 2.24) is 20.3 Å². The summed E-state index contributed by atoms with van der Waals surface area (Å²) in [6.45, 7) is 7.10. The first-order chi connectivity index (χ1) is 16.7. The highest BCUT2D eigenvalue weighted by molar-refractivity contribution is 6.14. The topological polar surface area (TPSA) is 127 Å². The molecule has 0 spiro atoms. The largest absolute Gasteiger partial charge is 0.336 e. The number of benzene rings is 1. The molecule has 0 fully saturated rings. The second kappa shape index (κ2) is 8.32. The fourth-order valence-electron chi connectivity index (χ4n) is 4.07. The van der Waals surface area contributed by atoms with Crippen LogP contribution in [-0.2, 0) is 0 Å². The lowest BCUT2D eigenvalue weighted by Crippen LogP contribution is -2.27. The van der Waals surface area contributed by atoms with Gasteiger partial charge in [0.2, 0.25) is 0 Å². The van der Waals surface area contributed by atoms with Crippen LogP contribution in [0, 0.1) is 27.7 Å². The maximum Gasteiger partial charge on any atom is 0.258 e. The molecule has 4 heterocycles. The van der Waals surface area contributed by atoms with E-state index in [9.17, 15) is 9.59 Å². The number of aryl methyl sites for hydroxylation is 4. The van der Waals surface area contributed by atoms with E-state index in [-0.39, 0.29) is 11.8 Å². The average molecular weight is 470 g/mol. The van der Waals surface area contributed by atoms with Gasteiger partial charge < -0.3 is 19.3 Å². The van der Waals surface area contributed by atoms with Crippen molar-refractivity contribution in [2.24, 2.45) is 0 Å². The number of hydrogen-bond donors (Lipinski definition) is 1. The fraction of sp³-hybridized carbons (Fsp3) is 0.200. The number of amides is 2. The normalized spacial score (nSPS) is 11.2. The van der Waals surface area contributed by atoms with E-state index in [0.717, 1.165) is 0 Å². The number of fused-ring (bicyclic) bond motifs is 2. The van der Waals surface area contributed by atoms with Gasteiger partial charge in [-0.25, -0.2) is 9.97 Å². The van der Waals surface area contributed by atoms with Gasteiger partial charge in [-0.15, -0.1) is 0 Å². The second-order valence-corrected chi connectivity index (χ2v) is 8.39. The number of pyridine rings is 2. The number of rotatable bonds is 4. The zero-order valence-electron chi connectivity index (χ0n) is 19.8. The van der Waals surface area contributed by atoms with Crippen molar-refractivity contribution >= 4 is 45.4 Å². The predicted octanol–water partition coefficient (Wildman–Crippen LogP) is 4.52. The smallest absolute Gasteiger partial charge is 0.258 e. The van der Waals surface area contributed by atoms with Gasteiger partial charge in [-0.3, -0.25) is 9.59 Å². The summed E-state index contributed by atoms with van der Waals surface area (Å²) in [7, 11) is 1.67. The van der Waals surface area contributed by atoms with Crippen LogP contribution in [0.1, 0.15) is 43.5 Å². The molecule has 1 aromatic carbocycles. The maximum atomic E-state index is 13.4. The molecule has 0 aliphatic carbocycles. The Labute approximate surface area is 199 Å². The minimum absolute atomic E-state index is 0.248. The van der Waals surface area contributed by atoms with E-state index in [4.69, 9.17) is 9.05 Å². The van der Waals surface area contributed by atoms with Crippen LogP contribution < -0.4 is 10.2 Å². The molecule has 0 unspecified atom stereocenters. The Kier molecular flexibility index (Phi) is 5.28. The van der Waals surface area contributed by atoms with Crippen LogP contribution in [0.4, 0.5) is 11.4 Å². The quantitative estimate of drug-likeness (QED) is 0.406. The summed E-state index contributed by atoms with van der Waals surface area (Å²) < 4.78 is 10.5. The van der Waals surface area contributed by atoms with E-state index in [2.05, 4.69) is 25.6 Å². The molecule has 5 rings (SSSR count). The Morgan fingerprint density at radius 2 is 1.40 bits per heavy atom. The van der Waals surface area contributed by atoms with Crippen molar-refractivity contribution in [2.75, 3.05) is 17.3 Å². The number of nitrogens with one attached hydrogen (secondary N) is 1. The van der Waals surface area contributed by atoms with Gasteiger partial charge in [-0.05, 0) is 58.0 Å². The lowest BCUT2D eigenvalue weighted by atomic mass is 10.1. The van der Waals surface area contributed by atoms with Crippen LogP contribution in [0.15, 0.2) is 45.4 Å². The second-order valence-electron chi connectivity index (χ2n) is 8.39. The molecule has 0 aliphatic heterocycles. The molecule has 0 saturated heterocycles. The van der Waals surface area contributed by atoms with Crippen LogP contribution in [0.25, 0.3) is 22.2 Å². The summed E-state index contributed by atoms with van der Waals surface area (Å²) in [6, 6.07) is 10.5.